The van der Waals surface area contributed by atoms with Crippen molar-refractivity contribution in [1.29, 1.82) is 0 Å². The molecular weight excluding hydrogens is 492 g/mol. The summed E-state index contributed by atoms with van der Waals surface area (Å²) in [4.78, 5) is 27.7. The fourth-order valence-electron chi connectivity index (χ4n) is 3.50. The van der Waals surface area contributed by atoms with Gasteiger partial charge in [-0.1, -0.05) is 0 Å². The van der Waals surface area contributed by atoms with Crippen molar-refractivity contribution < 1.29 is 38.1 Å². The number of nitrogens with zero attached hydrogens (tertiary/aromatic N) is 3. The second-order valence-electron chi connectivity index (χ2n) is 9.64. The van der Waals surface area contributed by atoms with Crippen molar-refractivity contribution in [1.82, 2.24) is 19.9 Å². The van der Waals surface area contributed by atoms with Crippen molar-refractivity contribution in [3.8, 4) is 5.75 Å². The Morgan fingerprint density at radius 2 is 1.89 bits per heavy atom. The summed E-state index contributed by atoms with van der Waals surface area (Å²) in [6.45, 7) is 7.77. The Balaban J connectivity index is 1.91. The molecule has 0 unspecified atom stereocenters. The van der Waals surface area contributed by atoms with Crippen LogP contribution in [0.1, 0.15) is 50.5 Å². The molecule has 2 aromatic heterocycles. The minimum Gasteiger partial charge on any atom is -0.488 e. The predicted molar refractivity (Wildman–Crippen MR) is 129 cm³/mol. The molecule has 11 nitrogen and oxygen atoms in total. The topological polar surface area (TPSA) is 147 Å². The first-order valence-corrected chi connectivity index (χ1v) is 11.3. The van der Waals surface area contributed by atoms with Crippen molar-refractivity contribution in [2.45, 2.75) is 51.9 Å². The molecule has 0 aliphatic carbocycles. The molecule has 37 heavy (non-hydrogen) atoms. The second kappa shape index (κ2) is 10.5. The van der Waals surface area contributed by atoms with Crippen LogP contribution in [0.5, 0.6) is 5.75 Å². The molecule has 1 aromatic carbocycles. The molecule has 0 saturated carbocycles. The third-order valence-electron chi connectivity index (χ3n) is 5.16. The molecule has 3 rings (SSSR count). The number of benzene rings is 1. The second-order valence-corrected chi connectivity index (χ2v) is 9.64. The molecule has 0 radical (unpaired) electrons. The van der Waals surface area contributed by atoms with Crippen molar-refractivity contribution >= 4 is 23.5 Å². The number of halogens is 2. The van der Waals surface area contributed by atoms with Crippen molar-refractivity contribution in [2.24, 2.45) is 0 Å². The van der Waals surface area contributed by atoms with E-state index >= 15 is 0 Å². The maximum absolute atomic E-state index is 14.2. The van der Waals surface area contributed by atoms with E-state index < -0.39 is 47.5 Å². The van der Waals surface area contributed by atoms with E-state index in [9.17, 15) is 28.6 Å². The van der Waals surface area contributed by atoms with Gasteiger partial charge in [-0.2, -0.15) is 0 Å². The fourth-order valence-corrected chi connectivity index (χ4v) is 3.50. The van der Waals surface area contributed by atoms with Crippen LogP contribution in [-0.2, 0) is 10.3 Å². The maximum Gasteiger partial charge on any atom is 0.407 e. The van der Waals surface area contributed by atoms with Crippen LogP contribution in [-0.4, -0.2) is 61.7 Å². The lowest BCUT2D eigenvalue weighted by atomic mass is 9.91. The first kappa shape index (κ1) is 27.6. The molecule has 0 saturated heterocycles. The van der Waals surface area contributed by atoms with Gasteiger partial charge in [-0.25, -0.2) is 27.9 Å². The molecule has 0 aliphatic rings. The molecule has 0 fully saturated rings. The molecule has 0 spiro atoms. The van der Waals surface area contributed by atoms with Crippen LogP contribution in [0.15, 0.2) is 30.6 Å². The van der Waals surface area contributed by atoms with Gasteiger partial charge in [-0.05, 0) is 46.8 Å². The van der Waals surface area contributed by atoms with Crippen LogP contribution in [0.2, 0.25) is 0 Å². The summed E-state index contributed by atoms with van der Waals surface area (Å²) in [5.74, 6) is -2.89. The SMILES string of the molecule is C[C@@H](CNC(=O)OC(C)(C)C)Oc1cc(F)ccc1[C@](C)(CO)Nc1nn2cc(F)cnc2c1C(=O)O. The number of aliphatic hydroxyl groups is 1. The highest BCUT2D eigenvalue weighted by Crippen LogP contribution is 2.35. The molecule has 2 heterocycles. The lowest BCUT2D eigenvalue weighted by Crippen LogP contribution is -2.39. The summed E-state index contributed by atoms with van der Waals surface area (Å²) in [7, 11) is 0. The zero-order chi connectivity index (χ0) is 27.5. The summed E-state index contributed by atoms with van der Waals surface area (Å²) in [5, 5.41) is 29.6. The summed E-state index contributed by atoms with van der Waals surface area (Å²) < 4.78 is 39.8. The number of carboxylic acids is 1. The van der Waals surface area contributed by atoms with Gasteiger partial charge in [0, 0.05) is 11.6 Å². The largest absolute Gasteiger partial charge is 0.488 e. The van der Waals surface area contributed by atoms with Gasteiger partial charge in [-0.3, -0.25) is 0 Å². The van der Waals surface area contributed by atoms with E-state index in [1.54, 1.807) is 27.7 Å². The van der Waals surface area contributed by atoms with Gasteiger partial charge in [0.1, 0.15) is 28.8 Å². The van der Waals surface area contributed by atoms with E-state index in [1.807, 2.05) is 0 Å². The maximum atomic E-state index is 14.2. The van der Waals surface area contributed by atoms with E-state index in [0.717, 1.165) is 29.0 Å². The minimum atomic E-state index is -1.43. The van der Waals surface area contributed by atoms with E-state index in [4.69, 9.17) is 9.47 Å². The molecule has 4 N–H and O–H groups in total. The number of rotatable bonds is 9. The number of carboxylic acid groups (broad SMARTS) is 1. The Morgan fingerprint density at radius 1 is 1.19 bits per heavy atom. The summed E-state index contributed by atoms with van der Waals surface area (Å²) >= 11 is 0. The number of fused-ring (bicyclic) bond motifs is 1. The number of anilines is 1. The average Bonchev–Trinajstić information content (AvgIpc) is 3.13. The molecule has 200 valence electrons. The minimum absolute atomic E-state index is 0.0287. The van der Waals surface area contributed by atoms with Crippen molar-refractivity contribution in [2.75, 3.05) is 18.5 Å². The first-order valence-electron chi connectivity index (χ1n) is 11.3. The van der Waals surface area contributed by atoms with E-state index in [0.29, 0.717) is 0 Å². The lowest BCUT2D eigenvalue weighted by Gasteiger charge is -2.32. The molecule has 0 aliphatic heterocycles. The molecule has 1 amide bonds. The highest BCUT2D eigenvalue weighted by Gasteiger charge is 2.34. The van der Waals surface area contributed by atoms with Gasteiger partial charge in [0.2, 0.25) is 0 Å². The zero-order valence-electron chi connectivity index (χ0n) is 21.0. The van der Waals surface area contributed by atoms with Gasteiger partial charge >= 0.3 is 12.1 Å². The Labute approximate surface area is 211 Å². The normalized spacial score (nSPS) is 14.1. The van der Waals surface area contributed by atoms with Gasteiger partial charge in [0.05, 0.1) is 31.1 Å². The Kier molecular flexibility index (Phi) is 7.86. The quantitative estimate of drug-likeness (QED) is 0.333. The third kappa shape index (κ3) is 6.61. The number of aliphatic hydroxyl groups excluding tert-OH is 1. The number of carbonyl (C=O) groups excluding carboxylic acids is 1. The number of aromatic carboxylic acids is 1. The Hall–Kier alpha value is -4.00. The first-order chi connectivity index (χ1) is 17.2. The Bertz CT molecular complexity index is 1310. The molecule has 13 heteroatoms. The van der Waals surface area contributed by atoms with E-state index in [2.05, 4.69) is 20.7 Å². The standard InChI is InChI=1S/C24H29F2N5O6/c1-13(9-28-22(35)37-23(2,3)4)36-17-8-14(25)6-7-16(17)24(5,12-32)29-19-18(21(33)34)20-27-10-15(26)11-31(20)30-19/h6-8,10-11,13,32H,9,12H2,1-5H3,(H,28,35)(H,29,30)(H,33,34)/t13-,24-/m0/s1. The number of ether oxygens (including phenoxy) is 2. The fraction of sp³-hybridized carbons (Fsp3) is 0.417. The lowest BCUT2D eigenvalue weighted by molar-refractivity contribution is 0.0503. The monoisotopic (exact) mass is 521 g/mol. The van der Waals surface area contributed by atoms with Crippen LogP contribution in [0.3, 0.4) is 0 Å². The summed E-state index contributed by atoms with van der Waals surface area (Å²) in [6.07, 6.45) is 0.523. The van der Waals surface area contributed by atoms with Gasteiger partial charge in [0.15, 0.2) is 17.3 Å². The predicted octanol–water partition coefficient (Wildman–Crippen LogP) is 3.32. The van der Waals surface area contributed by atoms with E-state index in [1.165, 1.54) is 13.0 Å². The molecule has 3 aromatic rings. The van der Waals surface area contributed by atoms with Gasteiger partial charge in [-0.15, -0.1) is 5.10 Å². The highest BCUT2D eigenvalue weighted by atomic mass is 19.1. The molecular formula is C24H29F2N5O6. The molecule has 2 atom stereocenters. The van der Waals surface area contributed by atoms with Crippen LogP contribution in [0.4, 0.5) is 19.4 Å². The third-order valence-corrected chi connectivity index (χ3v) is 5.16. The van der Waals surface area contributed by atoms with Crippen molar-refractivity contribution in [3.63, 3.8) is 0 Å². The average molecular weight is 522 g/mol. The van der Waals surface area contributed by atoms with E-state index in [-0.39, 0.29) is 34.9 Å². The summed E-state index contributed by atoms with van der Waals surface area (Å²) in [6, 6.07) is 3.63. The number of alkyl carbamates (subject to hydrolysis) is 1. The number of nitrogens with one attached hydrogen (secondary N) is 2. The highest BCUT2D eigenvalue weighted by molar-refractivity contribution is 6.00. The van der Waals surface area contributed by atoms with Gasteiger partial charge in [0.25, 0.3) is 0 Å². The van der Waals surface area contributed by atoms with Crippen LogP contribution in [0.25, 0.3) is 5.65 Å². The van der Waals surface area contributed by atoms with Gasteiger partial charge < -0.3 is 30.3 Å². The number of carbonyl (C=O) groups is 2. The van der Waals surface area contributed by atoms with Crippen molar-refractivity contribution in [3.05, 3.63) is 53.4 Å². The number of hydrogen-bond donors (Lipinski definition) is 4. The van der Waals surface area contributed by atoms with Crippen LogP contribution < -0.4 is 15.4 Å². The number of aromatic nitrogens is 3. The number of hydrogen-bond acceptors (Lipinski definition) is 8. The van der Waals surface area contributed by atoms with Crippen LogP contribution >= 0.6 is 0 Å². The summed E-state index contributed by atoms with van der Waals surface area (Å²) in [5.41, 5.74) is -2.31. The molecule has 0 bridgehead atoms. The smallest absolute Gasteiger partial charge is 0.407 e. The number of amides is 1. The van der Waals surface area contributed by atoms with Crippen LogP contribution in [0, 0.1) is 11.6 Å². The Morgan fingerprint density at radius 3 is 2.51 bits per heavy atom. The zero-order valence-corrected chi connectivity index (χ0v) is 21.0.